The molecule has 160 valence electrons. The zero-order valence-electron chi connectivity index (χ0n) is 16.1. The SMILES string of the molecule is CCCOc1ccccc1Oc1ncccc1CNC(=O)CNC(=O)CN.Cl.Cl. The van der Waals surface area contributed by atoms with E-state index in [4.69, 9.17) is 15.2 Å². The van der Waals surface area contributed by atoms with Gasteiger partial charge in [0.15, 0.2) is 11.5 Å². The van der Waals surface area contributed by atoms with Gasteiger partial charge >= 0.3 is 0 Å². The standard InChI is InChI=1S/C19H24N4O4.2ClH/c1-2-10-26-15-7-3-4-8-16(15)27-19-14(6-5-9-21-19)12-22-18(25)13-23-17(24)11-20;;/h3-9H,2,10-13,20H2,1H3,(H,22,25)(H,23,24);2*1H. The Morgan fingerprint density at radius 3 is 2.45 bits per heavy atom. The third-order valence-electron chi connectivity index (χ3n) is 3.47. The van der Waals surface area contributed by atoms with Gasteiger partial charge in [-0.1, -0.05) is 25.1 Å². The van der Waals surface area contributed by atoms with Crippen LogP contribution in [0.4, 0.5) is 0 Å². The lowest BCUT2D eigenvalue weighted by molar-refractivity contribution is -0.125. The Balaban J connectivity index is 0.00000392. The topological polar surface area (TPSA) is 116 Å². The van der Waals surface area contributed by atoms with Crippen LogP contribution >= 0.6 is 24.8 Å². The maximum atomic E-state index is 11.8. The minimum atomic E-state index is -0.390. The molecule has 2 amide bonds. The zero-order chi connectivity index (χ0) is 19.5. The maximum absolute atomic E-state index is 11.8. The molecular weight excluding hydrogens is 419 g/mol. The molecule has 0 saturated carbocycles. The van der Waals surface area contributed by atoms with Crippen LogP contribution in [0.25, 0.3) is 0 Å². The maximum Gasteiger partial charge on any atom is 0.239 e. The summed E-state index contributed by atoms with van der Waals surface area (Å²) >= 11 is 0. The van der Waals surface area contributed by atoms with Crippen molar-refractivity contribution in [2.75, 3.05) is 19.7 Å². The summed E-state index contributed by atoms with van der Waals surface area (Å²) in [5.74, 6) is 0.825. The van der Waals surface area contributed by atoms with Gasteiger partial charge in [-0.3, -0.25) is 9.59 Å². The van der Waals surface area contributed by atoms with Crippen molar-refractivity contribution in [1.29, 1.82) is 0 Å². The number of para-hydroxylation sites is 2. The van der Waals surface area contributed by atoms with Crippen LogP contribution in [-0.4, -0.2) is 36.5 Å². The highest BCUT2D eigenvalue weighted by Crippen LogP contribution is 2.31. The Morgan fingerprint density at radius 2 is 1.76 bits per heavy atom. The lowest BCUT2D eigenvalue weighted by Gasteiger charge is -2.14. The molecule has 8 nitrogen and oxygen atoms in total. The Hall–Kier alpha value is -2.55. The summed E-state index contributed by atoms with van der Waals surface area (Å²) in [4.78, 5) is 27.2. The van der Waals surface area contributed by atoms with E-state index in [0.29, 0.717) is 29.5 Å². The summed E-state index contributed by atoms with van der Waals surface area (Å²) in [6, 6.07) is 10.9. The van der Waals surface area contributed by atoms with Crippen molar-refractivity contribution in [1.82, 2.24) is 15.6 Å². The second-order valence-corrected chi connectivity index (χ2v) is 5.62. The molecule has 10 heteroatoms. The number of nitrogens with two attached hydrogens (primary N) is 1. The monoisotopic (exact) mass is 444 g/mol. The number of nitrogens with zero attached hydrogens (tertiary/aromatic N) is 1. The smallest absolute Gasteiger partial charge is 0.239 e. The van der Waals surface area contributed by atoms with E-state index in [9.17, 15) is 9.59 Å². The number of ether oxygens (including phenoxy) is 2. The third kappa shape index (κ3) is 8.99. The van der Waals surface area contributed by atoms with Crippen LogP contribution in [0.15, 0.2) is 42.6 Å². The minimum absolute atomic E-state index is 0. The van der Waals surface area contributed by atoms with Crippen LogP contribution in [0.2, 0.25) is 0 Å². The molecule has 4 N–H and O–H groups in total. The molecule has 0 unspecified atom stereocenters. The Kier molecular flexibility index (Phi) is 13.2. The zero-order valence-corrected chi connectivity index (χ0v) is 17.7. The normalized spacial score (nSPS) is 9.45. The number of hydrogen-bond donors (Lipinski definition) is 3. The second-order valence-electron chi connectivity index (χ2n) is 5.62. The fraction of sp³-hybridized carbons (Fsp3) is 0.316. The van der Waals surface area contributed by atoms with E-state index in [1.54, 1.807) is 24.4 Å². The molecule has 1 aromatic carbocycles. The summed E-state index contributed by atoms with van der Waals surface area (Å²) in [7, 11) is 0. The van der Waals surface area contributed by atoms with Crippen molar-refractivity contribution in [3.05, 3.63) is 48.2 Å². The highest BCUT2D eigenvalue weighted by atomic mass is 35.5. The van der Waals surface area contributed by atoms with Crippen LogP contribution in [0, 0.1) is 0 Å². The summed E-state index contributed by atoms with van der Waals surface area (Å²) in [5.41, 5.74) is 5.88. The first-order valence-electron chi connectivity index (χ1n) is 8.71. The van der Waals surface area contributed by atoms with Gasteiger partial charge in [-0.2, -0.15) is 0 Å². The lowest BCUT2D eigenvalue weighted by atomic mass is 10.2. The molecule has 0 aliphatic heterocycles. The quantitative estimate of drug-likeness (QED) is 0.517. The first-order valence-corrected chi connectivity index (χ1v) is 8.71. The van der Waals surface area contributed by atoms with Crippen LogP contribution in [0.5, 0.6) is 17.4 Å². The molecule has 2 aromatic rings. The Morgan fingerprint density at radius 1 is 1.03 bits per heavy atom. The number of amides is 2. The molecule has 1 heterocycles. The molecule has 0 spiro atoms. The van der Waals surface area contributed by atoms with Gasteiger partial charge < -0.3 is 25.8 Å². The van der Waals surface area contributed by atoms with E-state index in [2.05, 4.69) is 15.6 Å². The fourth-order valence-electron chi connectivity index (χ4n) is 2.13. The summed E-state index contributed by atoms with van der Waals surface area (Å²) < 4.78 is 11.6. The van der Waals surface area contributed by atoms with Gasteiger partial charge in [0.25, 0.3) is 0 Å². The molecule has 0 aliphatic rings. The molecule has 1 aromatic heterocycles. The van der Waals surface area contributed by atoms with Gasteiger partial charge in [-0.15, -0.1) is 24.8 Å². The number of rotatable bonds is 10. The molecule has 0 radical (unpaired) electrons. The van der Waals surface area contributed by atoms with E-state index < -0.39 is 0 Å². The second kappa shape index (κ2) is 14.4. The molecule has 0 aliphatic carbocycles. The molecule has 0 saturated heterocycles. The lowest BCUT2D eigenvalue weighted by Crippen LogP contribution is -2.39. The fourth-order valence-corrected chi connectivity index (χ4v) is 2.13. The van der Waals surface area contributed by atoms with Crippen molar-refractivity contribution in [3.63, 3.8) is 0 Å². The number of halogens is 2. The van der Waals surface area contributed by atoms with Crippen molar-refractivity contribution < 1.29 is 19.1 Å². The number of nitrogens with one attached hydrogen (secondary N) is 2. The molecule has 0 bridgehead atoms. The predicted molar refractivity (Wildman–Crippen MR) is 115 cm³/mol. The van der Waals surface area contributed by atoms with Crippen molar-refractivity contribution in [2.45, 2.75) is 19.9 Å². The van der Waals surface area contributed by atoms with Gasteiger partial charge in [0, 0.05) is 18.3 Å². The summed E-state index contributed by atoms with van der Waals surface area (Å²) in [6.07, 6.45) is 2.49. The highest BCUT2D eigenvalue weighted by Gasteiger charge is 2.11. The van der Waals surface area contributed by atoms with E-state index >= 15 is 0 Å². The summed E-state index contributed by atoms with van der Waals surface area (Å²) in [5, 5.41) is 5.12. The molecular formula is C19H26Cl2N4O4. The first kappa shape index (κ1) is 26.4. The molecule has 2 rings (SSSR count). The number of aromatic nitrogens is 1. The number of pyridine rings is 1. The van der Waals surface area contributed by atoms with E-state index in [1.807, 2.05) is 25.1 Å². The molecule has 29 heavy (non-hydrogen) atoms. The average Bonchev–Trinajstić information content (AvgIpc) is 2.70. The van der Waals surface area contributed by atoms with Crippen LogP contribution in [0.3, 0.4) is 0 Å². The van der Waals surface area contributed by atoms with Crippen molar-refractivity contribution in [2.24, 2.45) is 5.73 Å². The van der Waals surface area contributed by atoms with Gasteiger partial charge in [0.05, 0.1) is 19.7 Å². The van der Waals surface area contributed by atoms with Gasteiger partial charge in [-0.05, 0) is 24.6 Å². The van der Waals surface area contributed by atoms with Crippen LogP contribution in [0.1, 0.15) is 18.9 Å². The number of benzene rings is 1. The van der Waals surface area contributed by atoms with Gasteiger partial charge in [0.1, 0.15) is 0 Å². The molecule has 0 atom stereocenters. The van der Waals surface area contributed by atoms with Crippen molar-refractivity contribution in [3.8, 4) is 17.4 Å². The predicted octanol–water partition coefficient (Wildman–Crippen LogP) is 2.20. The van der Waals surface area contributed by atoms with E-state index in [0.717, 1.165) is 6.42 Å². The average molecular weight is 445 g/mol. The van der Waals surface area contributed by atoms with Gasteiger partial charge in [-0.25, -0.2) is 4.98 Å². The molecule has 0 fully saturated rings. The van der Waals surface area contributed by atoms with Gasteiger partial charge in [0.2, 0.25) is 17.7 Å². The largest absolute Gasteiger partial charge is 0.490 e. The van der Waals surface area contributed by atoms with Crippen LogP contribution < -0.4 is 25.8 Å². The number of carbonyl (C=O) groups is 2. The first-order chi connectivity index (χ1) is 13.1. The van der Waals surface area contributed by atoms with Crippen LogP contribution in [-0.2, 0) is 16.1 Å². The Labute approximate surface area is 182 Å². The minimum Gasteiger partial charge on any atom is -0.490 e. The Bertz CT molecular complexity index is 777. The van der Waals surface area contributed by atoms with E-state index in [-0.39, 0.29) is 56.3 Å². The number of carbonyl (C=O) groups excluding carboxylic acids is 2. The van der Waals surface area contributed by atoms with Crippen molar-refractivity contribution >= 4 is 36.6 Å². The van der Waals surface area contributed by atoms with E-state index in [1.165, 1.54) is 0 Å². The summed E-state index contributed by atoms with van der Waals surface area (Å²) in [6.45, 7) is 2.52. The third-order valence-corrected chi connectivity index (χ3v) is 3.47. The number of hydrogen-bond acceptors (Lipinski definition) is 6. The highest BCUT2D eigenvalue weighted by molar-refractivity contribution is 5.86.